The maximum Gasteiger partial charge on any atom is 0.190 e. The molecule has 5 nitrogen and oxygen atoms in total. The molecule has 0 radical (unpaired) electrons. The normalized spacial score (nSPS) is 11.2. The van der Waals surface area contributed by atoms with Crippen LogP contribution in [0.5, 0.6) is 0 Å². The van der Waals surface area contributed by atoms with Crippen molar-refractivity contribution in [2.45, 2.75) is 39.5 Å². The number of rotatable bonds is 11. The Balaban J connectivity index is 0.00000392. The minimum Gasteiger partial charge on any atom is -0.381 e. The highest BCUT2D eigenvalue weighted by Crippen LogP contribution is 2.16. The lowest BCUT2D eigenvalue weighted by molar-refractivity contribution is 0.133. The number of hydrogen-bond donors (Lipinski definition) is 2. The van der Waals surface area contributed by atoms with E-state index in [1.165, 1.54) is 15.4 Å². The maximum absolute atomic E-state index is 5.72. The highest BCUT2D eigenvalue weighted by molar-refractivity contribution is 14.0. The zero-order valence-electron chi connectivity index (χ0n) is 17.2. The third-order valence-electron chi connectivity index (χ3n) is 4.31. The second-order valence-electron chi connectivity index (χ2n) is 6.48. The molecule has 0 spiro atoms. The van der Waals surface area contributed by atoms with Gasteiger partial charge >= 0.3 is 0 Å². The molecule has 0 fully saturated rings. The summed E-state index contributed by atoms with van der Waals surface area (Å²) in [6, 6.07) is 10.5. The molecule has 1 aromatic heterocycles. The van der Waals surface area contributed by atoms with E-state index in [9.17, 15) is 0 Å². The van der Waals surface area contributed by atoms with Crippen molar-refractivity contribution in [1.29, 1.82) is 0 Å². The summed E-state index contributed by atoms with van der Waals surface area (Å²) in [5, 5.41) is 7.89. The summed E-state index contributed by atoms with van der Waals surface area (Å²) in [7, 11) is 1.81. The average molecular weight is 516 g/mol. The molecule has 1 heterocycles. The van der Waals surface area contributed by atoms with Gasteiger partial charge in [-0.3, -0.25) is 4.99 Å². The summed E-state index contributed by atoms with van der Waals surface area (Å²) in [6.45, 7) is 7.52. The van der Waals surface area contributed by atoms with Gasteiger partial charge in [-0.05, 0) is 38.7 Å². The summed E-state index contributed by atoms with van der Waals surface area (Å²) >= 11 is 1.78. The first-order valence-electron chi connectivity index (χ1n) is 9.68. The van der Waals surface area contributed by atoms with Crippen LogP contribution in [0.2, 0.25) is 0 Å². The number of halogens is 1. The second kappa shape index (κ2) is 14.8. The lowest BCUT2D eigenvalue weighted by atomic mass is 10.2. The monoisotopic (exact) mass is 516 g/mol. The largest absolute Gasteiger partial charge is 0.381 e. The minimum absolute atomic E-state index is 0. The maximum atomic E-state index is 5.72. The number of unbranched alkanes of at least 4 members (excludes halogenated alkanes) is 1. The van der Waals surface area contributed by atoms with E-state index in [4.69, 9.17) is 4.74 Å². The molecular weight excluding hydrogens is 483 g/mol. The molecule has 0 saturated carbocycles. The fourth-order valence-corrected chi connectivity index (χ4v) is 3.56. The van der Waals surface area contributed by atoms with E-state index in [0.29, 0.717) is 0 Å². The van der Waals surface area contributed by atoms with E-state index >= 15 is 0 Å². The summed E-state index contributed by atoms with van der Waals surface area (Å²) in [5.41, 5.74) is 2.47. The van der Waals surface area contributed by atoms with Gasteiger partial charge in [0.15, 0.2) is 5.96 Å². The van der Waals surface area contributed by atoms with Gasteiger partial charge in [-0.1, -0.05) is 30.3 Å². The van der Waals surface area contributed by atoms with Crippen molar-refractivity contribution in [3.8, 4) is 0 Å². The van der Waals surface area contributed by atoms with Crippen molar-refractivity contribution >= 4 is 41.3 Å². The van der Waals surface area contributed by atoms with Crippen molar-refractivity contribution in [3.63, 3.8) is 0 Å². The molecule has 0 atom stereocenters. The molecule has 0 aliphatic carbocycles. The summed E-state index contributed by atoms with van der Waals surface area (Å²) in [5.74, 6) is 0.852. The van der Waals surface area contributed by atoms with Gasteiger partial charge in [0.2, 0.25) is 0 Å². The van der Waals surface area contributed by atoms with Crippen LogP contribution in [0.25, 0.3) is 0 Å². The molecule has 1 aromatic carbocycles. The first kappa shape index (κ1) is 24.8. The van der Waals surface area contributed by atoms with Gasteiger partial charge in [-0.2, -0.15) is 0 Å². The average Bonchev–Trinajstić information content (AvgIpc) is 3.00. The molecule has 156 valence electrons. The van der Waals surface area contributed by atoms with Crippen LogP contribution in [0.1, 0.15) is 34.0 Å². The number of benzene rings is 1. The first-order chi connectivity index (χ1) is 13.2. The van der Waals surface area contributed by atoms with Crippen molar-refractivity contribution in [3.05, 3.63) is 51.5 Å². The first-order valence-corrected chi connectivity index (χ1v) is 10.5. The van der Waals surface area contributed by atoms with Crippen molar-refractivity contribution in [2.75, 3.05) is 33.4 Å². The summed E-state index contributed by atoms with van der Waals surface area (Å²) in [4.78, 5) is 10.1. The Labute approximate surface area is 190 Å². The predicted molar refractivity (Wildman–Crippen MR) is 130 cm³/mol. The third kappa shape index (κ3) is 9.84. The van der Waals surface area contributed by atoms with Crippen molar-refractivity contribution < 1.29 is 4.74 Å². The molecule has 0 aliphatic heterocycles. The lowest BCUT2D eigenvalue weighted by Gasteiger charge is -2.11. The van der Waals surface area contributed by atoms with E-state index in [2.05, 4.69) is 58.7 Å². The number of aliphatic imine (C=N–C) groups is 1. The van der Waals surface area contributed by atoms with E-state index in [0.717, 1.165) is 63.6 Å². The highest BCUT2D eigenvalue weighted by atomic mass is 127. The van der Waals surface area contributed by atoms with E-state index in [-0.39, 0.29) is 24.0 Å². The molecule has 28 heavy (non-hydrogen) atoms. The molecule has 0 unspecified atom stereocenters. The number of aryl methyl sites for hydroxylation is 2. The molecule has 2 N–H and O–H groups in total. The Kier molecular flexibility index (Phi) is 13.1. The van der Waals surface area contributed by atoms with Crippen LogP contribution < -0.4 is 10.6 Å². The fourth-order valence-electron chi connectivity index (χ4n) is 2.63. The van der Waals surface area contributed by atoms with Crippen LogP contribution in [0.3, 0.4) is 0 Å². The Morgan fingerprint density at radius 1 is 1.04 bits per heavy atom. The van der Waals surface area contributed by atoms with Crippen molar-refractivity contribution in [2.24, 2.45) is 4.99 Å². The molecule has 0 saturated heterocycles. The molecule has 2 aromatic rings. The zero-order chi connectivity index (χ0) is 19.3. The van der Waals surface area contributed by atoms with Crippen LogP contribution in [0.4, 0.5) is 0 Å². The van der Waals surface area contributed by atoms with Gasteiger partial charge in [0, 0.05) is 38.0 Å². The zero-order valence-corrected chi connectivity index (χ0v) is 20.3. The fraction of sp³-hybridized carbons (Fsp3) is 0.524. The molecule has 2 rings (SSSR count). The van der Waals surface area contributed by atoms with Gasteiger partial charge in [0.05, 0.1) is 17.3 Å². The van der Waals surface area contributed by atoms with Crippen molar-refractivity contribution in [1.82, 2.24) is 15.6 Å². The topological polar surface area (TPSA) is 58.5 Å². The Morgan fingerprint density at radius 2 is 1.79 bits per heavy atom. The molecule has 0 aliphatic rings. The van der Waals surface area contributed by atoms with Crippen LogP contribution in [-0.2, 0) is 17.6 Å². The van der Waals surface area contributed by atoms with Gasteiger partial charge in [0.25, 0.3) is 0 Å². The summed E-state index contributed by atoms with van der Waals surface area (Å²) < 4.78 is 5.72. The van der Waals surface area contributed by atoms with Gasteiger partial charge in [0.1, 0.15) is 0 Å². The molecular formula is C21H33IN4OS. The van der Waals surface area contributed by atoms with Crippen LogP contribution in [0.15, 0.2) is 35.3 Å². The van der Waals surface area contributed by atoms with Crippen LogP contribution in [0, 0.1) is 13.8 Å². The number of thiazole rings is 1. The second-order valence-corrected chi connectivity index (χ2v) is 7.77. The Bertz CT molecular complexity index is 671. The molecule has 0 amide bonds. The van der Waals surface area contributed by atoms with Gasteiger partial charge in [-0.25, -0.2) is 4.98 Å². The van der Waals surface area contributed by atoms with Crippen LogP contribution >= 0.6 is 35.3 Å². The number of nitrogens with one attached hydrogen (secondary N) is 2. The number of guanidine groups is 1. The smallest absolute Gasteiger partial charge is 0.190 e. The molecule has 0 bridgehead atoms. The molecule has 7 heteroatoms. The third-order valence-corrected chi connectivity index (χ3v) is 5.45. The SMILES string of the molecule is CN=C(NCCCCOCCc1ccccc1)NCCc1nc(C)c(C)s1.I. The van der Waals surface area contributed by atoms with Gasteiger partial charge in [-0.15, -0.1) is 35.3 Å². The number of ether oxygens (including phenoxy) is 1. The number of aromatic nitrogens is 1. The summed E-state index contributed by atoms with van der Waals surface area (Å²) in [6.07, 6.45) is 4.02. The highest BCUT2D eigenvalue weighted by Gasteiger charge is 2.04. The quantitative estimate of drug-likeness (QED) is 0.204. The minimum atomic E-state index is 0. The Hall–Kier alpha value is -1.19. The number of hydrogen-bond acceptors (Lipinski definition) is 4. The van der Waals surface area contributed by atoms with E-state index < -0.39 is 0 Å². The van der Waals surface area contributed by atoms with Crippen LogP contribution in [-0.4, -0.2) is 44.3 Å². The predicted octanol–water partition coefficient (Wildman–Crippen LogP) is 4.12. The number of nitrogens with zero attached hydrogens (tertiary/aromatic N) is 2. The van der Waals surface area contributed by atoms with E-state index in [1.54, 1.807) is 18.4 Å². The van der Waals surface area contributed by atoms with Gasteiger partial charge < -0.3 is 15.4 Å². The Morgan fingerprint density at radius 3 is 2.46 bits per heavy atom. The lowest BCUT2D eigenvalue weighted by Crippen LogP contribution is -2.38. The standard InChI is InChI=1S/C21H32N4OS.HI/c1-17-18(2)27-20(25-17)11-14-24-21(22-3)23-13-7-8-15-26-16-12-19-9-5-4-6-10-19;/h4-6,9-10H,7-8,11-16H2,1-3H3,(H2,22,23,24);1H. The van der Waals surface area contributed by atoms with E-state index in [1.807, 2.05) is 6.07 Å².